The number of fused-ring (bicyclic) bond motifs is 3. The zero-order valence-electron chi connectivity index (χ0n) is 9.61. The van der Waals surface area contributed by atoms with Crippen LogP contribution in [0, 0.1) is 0 Å². The van der Waals surface area contributed by atoms with Crippen molar-refractivity contribution in [1.29, 1.82) is 0 Å². The van der Waals surface area contributed by atoms with E-state index in [9.17, 15) is 4.79 Å². The highest BCUT2D eigenvalue weighted by molar-refractivity contribution is 9.10. The van der Waals surface area contributed by atoms with E-state index in [1.165, 1.54) is 4.90 Å². The van der Waals surface area contributed by atoms with Gasteiger partial charge in [0.1, 0.15) is 5.69 Å². The van der Waals surface area contributed by atoms with Gasteiger partial charge in [-0.1, -0.05) is 15.9 Å². The fourth-order valence-electron chi connectivity index (χ4n) is 2.04. The number of halogens is 1. The second-order valence-corrected chi connectivity index (χ2v) is 4.99. The standard InChI is InChI=1S/C12H10BrN3O2/c1-16-9(17)5-18-11-7-4-6(13)2-3-8(7)15-12(14)10(11)16/h2-4H,5H2,1H3,(H2,14,15). The first-order chi connectivity index (χ1) is 8.58. The number of nitrogen functional groups attached to an aromatic ring is 1. The third-order valence-electron chi connectivity index (χ3n) is 2.95. The van der Waals surface area contributed by atoms with Gasteiger partial charge in [0.05, 0.1) is 5.52 Å². The van der Waals surface area contributed by atoms with Crippen LogP contribution in [0.15, 0.2) is 22.7 Å². The Kier molecular flexibility index (Phi) is 2.41. The molecule has 1 aromatic heterocycles. The van der Waals surface area contributed by atoms with E-state index in [-0.39, 0.29) is 12.5 Å². The van der Waals surface area contributed by atoms with Crippen molar-refractivity contribution in [1.82, 2.24) is 4.98 Å². The van der Waals surface area contributed by atoms with Crippen LogP contribution in [-0.2, 0) is 4.79 Å². The molecule has 2 N–H and O–H groups in total. The third kappa shape index (κ3) is 1.53. The largest absolute Gasteiger partial charge is 0.481 e. The van der Waals surface area contributed by atoms with E-state index in [1.54, 1.807) is 7.05 Å². The lowest BCUT2D eigenvalue weighted by molar-refractivity contribution is -0.120. The van der Waals surface area contributed by atoms with Gasteiger partial charge in [-0.15, -0.1) is 0 Å². The number of hydrogen-bond donors (Lipinski definition) is 1. The first-order valence-corrected chi connectivity index (χ1v) is 6.15. The van der Waals surface area contributed by atoms with Crippen molar-refractivity contribution >= 4 is 44.2 Å². The van der Waals surface area contributed by atoms with Crippen LogP contribution in [0.25, 0.3) is 10.9 Å². The first-order valence-electron chi connectivity index (χ1n) is 5.36. The van der Waals surface area contributed by atoms with Crippen molar-refractivity contribution in [2.45, 2.75) is 0 Å². The molecule has 1 aliphatic rings. The van der Waals surface area contributed by atoms with Gasteiger partial charge < -0.3 is 15.4 Å². The van der Waals surface area contributed by atoms with Crippen molar-refractivity contribution in [3.05, 3.63) is 22.7 Å². The van der Waals surface area contributed by atoms with Gasteiger partial charge in [-0.05, 0) is 18.2 Å². The minimum Gasteiger partial charge on any atom is -0.481 e. The summed E-state index contributed by atoms with van der Waals surface area (Å²) in [4.78, 5) is 17.4. The Balaban J connectivity index is 2.38. The Labute approximate surface area is 112 Å². The lowest BCUT2D eigenvalue weighted by Gasteiger charge is -2.27. The van der Waals surface area contributed by atoms with Crippen LogP contribution in [0.4, 0.5) is 11.5 Å². The number of likely N-dealkylation sites (N-methyl/N-ethyl adjacent to an activating group) is 1. The quantitative estimate of drug-likeness (QED) is 0.807. The number of amides is 1. The summed E-state index contributed by atoms with van der Waals surface area (Å²) in [5.41, 5.74) is 7.19. The van der Waals surface area contributed by atoms with E-state index in [4.69, 9.17) is 10.5 Å². The molecule has 0 radical (unpaired) electrons. The molecule has 18 heavy (non-hydrogen) atoms. The SMILES string of the molecule is CN1C(=O)COc2c1c(N)nc1ccc(Br)cc21. The highest BCUT2D eigenvalue weighted by Gasteiger charge is 2.27. The predicted octanol–water partition coefficient (Wildman–Crippen LogP) is 1.93. The van der Waals surface area contributed by atoms with Crippen molar-refractivity contribution < 1.29 is 9.53 Å². The maximum atomic E-state index is 11.6. The summed E-state index contributed by atoms with van der Waals surface area (Å²) in [6.45, 7) is 0.0224. The Morgan fingerprint density at radius 1 is 1.50 bits per heavy atom. The molecule has 0 saturated carbocycles. The fraction of sp³-hybridized carbons (Fsp3) is 0.167. The summed E-state index contributed by atoms with van der Waals surface area (Å²) in [5.74, 6) is 0.779. The molecule has 5 nitrogen and oxygen atoms in total. The average Bonchev–Trinajstić information content (AvgIpc) is 2.34. The van der Waals surface area contributed by atoms with E-state index in [1.807, 2.05) is 18.2 Å². The zero-order chi connectivity index (χ0) is 12.9. The molecule has 2 heterocycles. The molecule has 0 fully saturated rings. The molecule has 0 spiro atoms. The highest BCUT2D eigenvalue weighted by Crippen LogP contribution is 2.41. The van der Waals surface area contributed by atoms with Crippen molar-refractivity contribution in [2.24, 2.45) is 0 Å². The van der Waals surface area contributed by atoms with Gasteiger partial charge in [-0.3, -0.25) is 4.79 Å². The maximum absolute atomic E-state index is 11.6. The van der Waals surface area contributed by atoms with Crippen LogP contribution >= 0.6 is 15.9 Å². The summed E-state index contributed by atoms with van der Waals surface area (Å²) in [5, 5.41) is 0.841. The maximum Gasteiger partial charge on any atom is 0.264 e. The van der Waals surface area contributed by atoms with Crippen LogP contribution < -0.4 is 15.4 Å². The minimum absolute atomic E-state index is 0.0224. The van der Waals surface area contributed by atoms with Crippen LogP contribution in [0.3, 0.4) is 0 Å². The van der Waals surface area contributed by atoms with Gasteiger partial charge >= 0.3 is 0 Å². The summed E-state index contributed by atoms with van der Waals surface area (Å²) in [6, 6.07) is 5.65. The number of carbonyl (C=O) groups excluding carboxylic acids is 1. The second-order valence-electron chi connectivity index (χ2n) is 4.08. The highest BCUT2D eigenvalue weighted by atomic mass is 79.9. The molecule has 6 heteroatoms. The second kappa shape index (κ2) is 3.84. The van der Waals surface area contributed by atoms with Gasteiger partial charge in [-0.25, -0.2) is 4.98 Å². The number of rotatable bonds is 0. The monoisotopic (exact) mass is 307 g/mol. The zero-order valence-corrected chi connectivity index (χ0v) is 11.2. The van der Waals surface area contributed by atoms with Crippen LogP contribution in [0.2, 0.25) is 0 Å². The Morgan fingerprint density at radius 3 is 3.06 bits per heavy atom. The Hall–Kier alpha value is -1.82. The number of ether oxygens (including phenoxy) is 1. The molecule has 0 bridgehead atoms. The molecule has 0 saturated heterocycles. The van der Waals surface area contributed by atoms with Gasteiger partial charge in [0.2, 0.25) is 0 Å². The number of benzene rings is 1. The number of nitrogens with two attached hydrogens (primary N) is 1. The Morgan fingerprint density at radius 2 is 2.28 bits per heavy atom. The average molecular weight is 308 g/mol. The van der Waals surface area contributed by atoms with Gasteiger partial charge in [-0.2, -0.15) is 0 Å². The number of anilines is 2. The third-order valence-corrected chi connectivity index (χ3v) is 3.44. The van der Waals surface area contributed by atoms with E-state index in [2.05, 4.69) is 20.9 Å². The molecule has 2 aromatic rings. The number of nitrogens with zero attached hydrogens (tertiary/aromatic N) is 2. The molecule has 92 valence electrons. The number of pyridine rings is 1. The lowest BCUT2D eigenvalue weighted by atomic mass is 10.1. The molecule has 3 rings (SSSR count). The summed E-state index contributed by atoms with van der Waals surface area (Å²) in [7, 11) is 1.67. The van der Waals surface area contributed by atoms with Crippen molar-refractivity contribution in [3.8, 4) is 5.75 Å². The van der Waals surface area contributed by atoms with Gasteiger partial charge in [0, 0.05) is 16.9 Å². The van der Waals surface area contributed by atoms with E-state index >= 15 is 0 Å². The Bertz CT molecular complexity index is 672. The normalized spacial score (nSPS) is 14.6. The van der Waals surface area contributed by atoms with E-state index in [0.717, 1.165) is 15.4 Å². The predicted molar refractivity (Wildman–Crippen MR) is 72.8 cm³/mol. The lowest BCUT2D eigenvalue weighted by Crippen LogP contribution is -2.36. The smallest absolute Gasteiger partial charge is 0.264 e. The summed E-state index contributed by atoms with van der Waals surface area (Å²) < 4.78 is 6.45. The van der Waals surface area contributed by atoms with Crippen molar-refractivity contribution in [2.75, 3.05) is 24.3 Å². The number of aromatic nitrogens is 1. The number of hydrogen-bond acceptors (Lipinski definition) is 4. The topological polar surface area (TPSA) is 68.5 Å². The molecule has 1 amide bonds. The van der Waals surface area contributed by atoms with Gasteiger partial charge in [0.25, 0.3) is 5.91 Å². The van der Waals surface area contributed by atoms with E-state index < -0.39 is 0 Å². The summed E-state index contributed by atoms with van der Waals surface area (Å²) >= 11 is 3.41. The molecular formula is C12H10BrN3O2. The van der Waals surface area contributed by atoms with E-state index in [0.29, 0.717) is 17.3 Å². The van der Waals surface area contributed by atoms with Gasteiger partial charge in [0.15, 0.2) is 18.2 Å². The molecule has 0 aliphatic carbocycles. The molecular weight excluding hydrogens is 298 g/mol. The molecule has 1 aliphatic heterocycles. The van der Waals surface area contributed by atoms with Crippen LogP contribution in [-0.4, -0.2) is 24.5 Å². The minimum atomic E-state index is -0.134. The van der Waals surface area contributed by atoms with Crippen LogP contribution in [0.1, 0.15) is 0 Å². The summed E-state index contributed by atoms with van der Waals surface area (Å²) in [6.07, 6.45) is 0. The molecule has 0 atom stereocenters. The fourth-order valence-corrected chi connectivity index (χ4v) is 2.40. The van der Waals surface area contributed by atoms with Crippen LogP contribution in [0.5, 0.6) is 5.75 Å². The first kappa shape index (κ1) is 11.3. The number of carbonyl (C=O) groups is 1. The molecule has 0 unspecified atom stereocenters. The van der Waals surface area contributed by atoms with Crippen molar-refractivity contribution in [3.63, 3.8) is 0 Å². The molecule has 1 aromatic carbocycles.